The number of rotatable bonds is 6. The summed E-state index contributed by atoms with van der Waals surface area (Å²) in [5.74, 6) is 1.07. The highest BCUT2D eigenvalue weighted by Crippen LogP contribution is 2.32. The highest BCUT2D eigenvalue weighted by molar-refractivity contribution is 14.1. The minimum absolute atomic E-state index is 0.0508. The van der Waals surface area contributed by atoms with E-state index >= 15 is 0 Å². The number of nitrogens with one attached hydrogen (secondary N) is 4. The van der Waals surface area contributed by atoms with E-state index in [2.05, 4.69) is 64.4 Å². The zero-order valence-corrected chi connectivity index (χ0v) is 24.1. The van der Waals surface area contributed by atoms with Crippen molar-refractivity contribution in [3.63, 3.8) is 0 Å². The number of amides is 1. The summed E-state index contributed by atoms with van der Waals surface area (Å²) in [6.45, 7) is 1.96. The number of benzene rings is 1. The van der Waals surface area contributed by atoms with Crippen molar-refractivity contribution in [2.24, 2.45) is 5.92 Å². The summed E-state index contributed by atoms with van der Waals surface area (Å²) in [5.41, 5.74) is 7.77. The second-order valence-electron chi connectivity index (χ2n) is 10.2. The monoisotopic (exact) mass is 655 g/mol. The number of carbonyl (C=O) groups excluding carboxylic acids is 1. The number of pyridine rings is 3. The Bertz CT molecular complexity index is 1880. The molecule has 0 spiro atoms. The first-order valence-electron chi connectivity index (χ1n) is 13.5. The standard InChI is InChI=1S/C30H26IN9O/c31-19-12-18(13-20(14-19)35-26(41)11-17-6-9-32-10-7-17)22-4-5-24-28(36-22)29(40-39-24)30-37-25-16-33-15-21(27(25)38-30)23-3-1-2-8-34-23/h1-5,8,12-17,32H,6-7,9-11H2,(H,35,41)(H,37,38)(H,39,40). The van der Waals surface area contributed by atoms with Crippen LogP contribution in [-0.2, 0) is 4.79 Å². The summed E-state index contributed by atoms with van der Waals surface area (Å²) in [5, 5.41) is 14.1. The van der Waals surface area contributed by atoms with Gasteiger partial charge in [0, 0.05) is 39.2 Å². The molecular formula is C30H26IN9O. The zero-order valence-electron chi connectivity index (χ0n) is 22.0. The lowest BCUT2D eigenvalue weighted by atomic mass is 9.94. The largest absolute Gasteiger partial charge is 0.335 e. The number of aromatic nitrogens is 7. The van der Waals surface area contributed by atoms with E-state index in [1.54, 1.807) is 18.6 Å². The van der Waals surface area contributed by atoms with Gasteiger partial charge >= 0.3 is 0 Å². The second kappa shape index (κ2) is 11.0. The van der Waals surface area contributed by atoms with Crippen LogP contribution in [0.4, 0.5) is 5.69 Å². The van der Waals surface area contributed by atoms with Gasteiger partial charge in [0.05, 0.1) is 28.6 Å². The van der Waals surface area contributed by atoms with Gasteiger partial charge in [0.2, 0.25) is 5.91 Å². The molecule has 4 N–H and O–H groups in total. The molecule has 6 heterocycles. The molecule has 0 saturated carbocycles. The summed E-state index contributed by atoms with van der Waals surface area (Å²) in [4.78, 5) is 34.9. The van der Waals surface area contributed by atoms with E-state index in [-0.39, 0.29) is 5.91 Å². The van der Waals surface area contributed by atoms with Crippen LogP contribution in [0, 0.1) is 9.49 Å². The predicted molar refractivity (Wildman–Crippen MR) is 167 cm³/mol. The topological polar surface area (TPSA) is 137 Å². The van der Waals surface area contributed by atoms with Crippen LogP contribution in [0.2, 0.25) is 0 Å². The van der Waals surface area contributed by atoms with Crippen molar-refractivity contribution in [1.82, 2.24) is 40.4 Å². The average Bonchev–Trinajstić information content (AvgIpc) is 3.61. The van der Waals surface area contributed by atoms with E-state index in [0.717, 1.165) is 74.3 Å². The van der Waals surface area contributed by atoms with Crippen LogP contribution in [0.15, 0.2) is 67.1 Å². The van der Waals surface area contributed by atoms with Gasteiger partial charge in [0.15, 0.2) is 11.5 Å². The van der Waals surface area contributed by atoms with Gasteiger partial charge in [-0.05, 0) is 96.9 Å². The highest BCUT2D eigenvalue weighted by atomic mass is 127. The molecule has 10 nitrogen and oxygen atoms in total. The Hall–Kier alpha value is -4.23. The molecule has 0 atom stereocenters. The Balaban J connectivity index is 1.21. The number of H-pyrrole nitrogens is 2. The van der Waals surface area contributed by atoms with Crippen molar-refractivity contribution in [2.75, 3.05) is 18.4 Å². The van der Waals surface area contributed by atoms with E-state index in [1.807, 2.05) is 42.5 Å². The lowest BCUT2D eigenvalue weighted by Gasteiger charge is -2.22. The molecule has 7 rings (SSSR count). The first-order chi connectivity index (χ1) is 20.1. The number of imidazole rings is 1. The van der Waals surface area contributed by atoms with E-state index in [0.29, 0.717) is 29.4 Å². The third kappa shape index (κ3) is 5.30. The predicted octanol–water partition coefficient (Wildman–Crippen LogP) is 5.56. The lowest BCUT2D eigenvalue weighted by Crippen LogP contribution is -2.30. The Labute approximate surface area is 249 Å². The molecule has 1 aromatic carbocycles. The third-order valence-corrected chi connectivity index (χ3v) is 8.00. The smallest absolute Gasteiger partial charge is 0.224 e. The third-order valence-electron chi connectivity index (χ3n) is 7.38. The van der Waals surface area contributed by atoms with Gasteiger partial charge in [0.1, 0.15) is 11.0 Å². The fourth-order valence-electron chi connectivity index (χ4n) is 5.35. The summed E-state index contributed by atoms with van der Waals surface area (Å²) in [6.07, 6.45) is 7.89. The summed E-state index contributed by atoms with van der Waals surface area (Å²) < 4.78 is 1.01. The van der Waals surface area contributed by atoms with Crippen molar-refractivity contribution >= 4 is 56.3 Å². The van der Waals surface area contributed by atoms with Crippen LogP contribution in [-0.4, -0.2) is 54.1 Å². The normalized spacial score (nSPS) is 14.1. The number of aromatic amines is 2. The van der Waals surface area contributed by atoms with Crippen LogP contribution in [0.5, 0.6) is 0 Å². The van der Waals surface area contributed by atoms with Crippen LogP contribution in [0.1, 0.15) is 19.3 Å². The molecule has 1 fully saturated rings. The minimum Gasteiger partial charge on any atom is -0.335 e. The Morgan fingerprint density at radius 3 is 2.73 bits per heavy atom. The van der Waals surface area contributed by atoms with Crippen molar-refractivity contribution in [3.05, 3.63) is 70.7 Å². The molecule has 6 aromatic rings. The van der Waals surface area contributed by atoms with Gasteiger partial charge in [-0.3, -0.25) is 19.9 Å². The number of fused-ring (bicyclic) bond motifs is 2. The molecule has 1 amide bonds. The molecule has 204 valence electrons. The van der Waals surface area contributed by atoms with Gasteiger partial charge in [0.25, 0.3) is 0 Å². The van der Waals surface area contributed by atoms with Crippen LogP contribution in [0.25, 0.3) is 56.1 Å². The molecule has 11 heteroatoms. The number of anilines is 1. The van der Waals surface area contributed by atoms with Gasteiger partial charge in [-0.25, -0.2) is 9.97 Å². The number of piperidine rings is 1. The quantitative estimate of drug-likeness (QED) is 0.173. The van der Waals surface area contributed by atoms with Gasteiger partial charge in [-0.15, -0.1) is 0 Å². The first-order valence-corrected chi connectivity index (χ1v) is 14.6. The van der Waals surface area contributed by atoms with Crippen molar-refractivity contribution in [3.8, 4) is 34.0 Å². The van der Waals surface area contributed by atoms with Gasteiger partial charge in [-0.1, -0.05) is 6.07 Å². The molecule has 1 saturated heterocycles. The molecule has 0 bridgehead atoms. The van der Waals surface area contributed by atoms with Crippen molar-refractivity contribution in [2.45, 2.75) is 19.3 Å². The zero-order chi connectivity index (χ0) is 27.8. The van der Waals surface area contributed by atoms with E-state index in [9.17, 15) is 4.79 Å². The summed E-state index contributed by atoms with van der Waals surface area (Å²) in [7, 11) is 0. The molecule has 1 aliphatic rings. The fraction of sp³-hybridized carbons (Fsp3) is 0.200. The Kier molecular flexibility index (Phi) is 6.88. The lowest BCUT2D eigenvalue weighted by molar-refractivity contribution is -0.117. The highest BCUT2D eigenvalue weighted by Gasteiger charge is 2.19. The van der Waals surface area contributed by atoms with Crippen molar-refractivity contribution < 1.29 is 4.79 Å². The Morgan fingerprint density at radius 2 is 1.88 bits per heavy atom. The SMILES string of the molecule is O=C(CC1CCNCC1)Nc1cc(I)cc(-c2ccc3[nH]nc(-c4nc5c(-c6ccccn6)cncc5[nH]4)c3n2)c1. The van der Waals surface area contributed by atoms with Crippen LogP contribution < -0.4 is 10.6 Å². The first kappa shape index (κ1) is 25.7. The number of hydrogen-bond donors (Lipinski definition) is 4. The van der Waals surface area contributed by atoms with E-state index < -0.39 is 0 Å². The maximum Gasteiger partial charge on any atom is 0.224 e. The Morgan fingerprint density at radius 1 is 0.976 bits per heavy atom. The minimum atomic E-state index is 0.0508. The molecule has 0 radical (unpaired) electrons. The van der Waals surface area contributed by atoms with E-state index in [4.69, 9.17) is 9.97 Å². The molecule has 5 aromatic heterocycles. The van der Waals surface area contributed by atoms with Crippen LogP contribution in [0.3, 0.4) is 0 Å². The maximum absolute atomic E-state index is 12.8. The second-order valence-corrected chi connectivity index (χ2v) is 11.5. The van der Waals surface area contributed by atoms with Gasteiger partial charge < -0.3 is 15.6 Å². The maximum atomic E-state index is 12.8. The molecule has 0 aliphatic carbocycles. The molecule has 1 aliphatic heterocycles. The number of hydrogen-bond acceptors (Lipinski definition) is 7. The summed E-state index contributed by atoms with van der Waals surface area (Å²) >= 11 is 2.28. The molecule has 0 unspecified atom stereocenters. The number of halogens is 1. The molecular weight excluding hydrogens is 629 g/mol. The van der Waals surface area contributed by atoms with Gasteiger partial charge in [-0.2, -0.15) is 5.10 Å². The average molecular weight is 656 g/mol. The molecule has 41 heavy (non-hydrogen) atoms. The van der Waals surface area contributed by atoms with Crippen molar-refractivity contribution in [1.29, 1.82) is 0 Å². The van der Waals surface area contributed by atoms with Crippen LogP contribution >= 0.6 is 22.6 Å². The number of carbonyl (C=O) groups is 1. The summed E-state index contributed by atoms with van der Waals surface area (Å²) in [6, 6.07) is 15.7. The van der Waals surface area contributed by atoms with E-state index in [1.165, 1.54) is 0 Å². The fourth-order valence-corrected chi connectivity index (χ4v) is 6.02. The number of nitrogens with zero attached hydrogens (tertiary/aromatic N) is 5.